The minimum atomic E-state index is 0. The van der Waals surface area contributed by atoms with Crippen LogP contribution in [0.3, 0.4) is 0 Å². The van der Waals surface area contributed by atoms with Crippen LogP contribution in [0, 0.1) is 0 Å². The summed E-state index contributed by atoms with van der Waals surface area (Å²) in [7, 11) is 0. The van der Waals surface area contributed by atoms with Crippen LogP contribution in [-0.2, 0) is 36.7 Å². The molecule has 0 unspecified atom stereocenters. The van der Waals surface area contributed by atoms with Crippen LogP contribution in [0.5, 0.6) is 0 Å². The van der Waals surface area contributed by atoms with Gasteiger partial charge >= 0.3 is 0 Å². The second-order valence-corrected chi connectivity index (χ2v) is 8.25. The van der Waals surface area contributed by atoms with Crippen LogP contribution < -0.4 is 0 Å². The molecule has 0 saturated heterocycles. The molecule has 22 heavy (non-hydrogen) atoms. The van der Waals surface area contributed by atoms with Gasteiger partial charge in [0.1, 0.15) is 0 Å². The van der Waals surface area contributed by atoms with Gasteiger partial charge in [-0.1, -0.05) is 76.9 Å². The molecule has 0 spiro atoms. The van der Waals surface area contributed by atoms with E-state index in [2.05, 4.69) is 84.0 Å². The first-order valence-corrected chi connectivity index (χ1v) is 7.80. The van der Waals surface area contributed by atoms with Gasteiger partial charge in [0.25, 0.3) is 0 Å². The van der Waals surface area contributed by atoms with Crippen LogP contribution >= 0.6 is 0 Å². The van der Waals surface area contributed by atoms with E-state index in [1.54, 1.807) is 0 Å². The summed E-state index contributed by atoms with van der Waals surface area (Å²) < 4.78 is 0. The summed E-state index contributed by atoms with van der Waals surface area (Å²) in [5.41, 5.74) is 3.20. The van der Waals surface area contributed by atoms with Gasteiger partial charge in [-0.2, -0.15) is 0 Å². The maximum atomic E-state index is 2.38. The van der Waals surface area contributed by atoms with Crippen molar-refractivity contribution in [3.8, 4) is 0 Å². The summed E-state index contributed by atoms with van der Waals surface area (Å²) in [6.45, 7) is 13.7. The number of hydrogen-bond donors (Lipinski definition) is 0. The molecular weight excluding hydrogens is 431 g/mol. The van der Waals surface area contributed by atoms with E-state index >= 15 is 0 Å². The normalized spacial score (nSPS) is 12.6. The number of fused-ring (bicyclic) bond motifs is 3. The number of hydrogen-bond acceptors (Lipinski definition) is 0. The summed E-state index contributed by atoms with van der Waals surface area (Å²) in [5.74, 6) is 0. The van der Waals surface area contributed by atoms with E-state index < -0.39 is 0 Å². The van der Waals surface area contributed by atoms with Gasteiger partial charge in [0.05, 0.1) is 0 Å². The van der Waals surface area contributed by atoms with E-state index in [-0.39, 0.29) is 36.7 Å². The van der Waals surface area contributed by atoms with Crippen molar-refractivity contribution in [3.05, 3.63) is 53.6 Å². The topological polar surface area (TPSA) is 0 Å². The first-order chi connectivity index (χ1) is 9.66. The fraction of sp³-hybridized carbons (Fsp3) is 0.381. The molecule has 0 saturated carbocycles. The van der Waals surface area contributed by atoms with Gasteiger partial charge in [-0.3, -0.25) is 0 Å². The molecule has 0 aliphatic carbocycles. The Morgan fingerprint density at radius 1 is 0.636 bits per heavy atom. The molecule has 0 aliphatic rings. The minimum absolute atomic E-state index is 0. The minimum Gasteiger partial charge on any atom is -0.126 e. The predicted octanol–water partition coefficient (Wildman–Crippen LogP) is 6.30. The number of benzene rings is 2. The van der Waals surface area contributed by atoms with Crippen molar-refractivity contribution in [2.75, 3.05) is 0 Å². The fourth-order valence-electron chi connectivity index (χ4n) is 2.93. The fourth-order valence-corrected chi connectivity index (χ4v) is 2.93. The summed E-state index contributed by atoms with van der Waals surface area (Å²) in [4.78, 5) is 0. The molecule has 0 atom stereocenters. The van der Waals surface area contributed by atoms with Crippen LogP contribution in [0.2, 0.25) is 0 Å². The van der Waals surface area contributed by atoms with Crippen LogP contribution in [0.25, 0.3) is 21.5 Å². The Balaban J connectivity index is 0.00000176. The Kier molecular flexibility index (Phi) is 4.52. The molecule has 3 aromatic rings. The van der Waals surface area contributed by atoms with Crippen LogP contribution in [0.15, 0.2) is 42.5 Å². The van der Waals surface area contributed by atoms with E-state index in [1.165, 1.54) is 32.7 Å². The summed E-state index contributed by atoms with van der Waals surface area (Å²) in [6.07, 6.45) is 0. The molecule has 0 N–H and O–H groups in total. The monoisotopic (exact) mass is 457 g/mol. The van der Waals surface area contributed by atoms with Crippen molar-refractivity contribution in [2.24, 2.45) is 0 Å². The van der Waals surface area contributed by atoms with Crippen LogP contribution in [-0.4, -0.2) is 0 Å². The van der Waals surface area contributed by atoms with Crippen LogP contribution in [0.1, 0.15) is 52.7 Å². The molecule has 0 aliphatic heterocycles. The van der Waals surface area contributed by atoms with Crippen LogP contribution in [0.4, 0.5) is 0 Å². The summed E-state index contributed by atoms with van der Waals surface area (Å²) in [5, 5.41) is 5.49. The Morgan fingerprint density at radius 2 is 1.00 bits per heavy atom. The van der Waals surface area contributed by atoms with Gasteiger partial charge in [-0.25, -0.2) is 0 Å². The van der Waals surface area contributed by atoms with Gasteiger partial charge in [0.2, 0.25) is 0 Å². The molecule has 1 heteroatoms. The zero-order valence-corrected chi connectivity index (χ0v) is 18.1. The largest absolute Gasteiger partial charge is 0.126 e. The van der Waals surface area contributed by atoms with Crippen molar-refractivity contribution >= 4 is 21.5 Å². The Morgan fingerprint density at radius 3 is 1.32 bits per heavy atom. The molecule has 0 bridgehead atoms. The van der Waals surface area contributed by atoms with E-state index in [9.17, 15) is 0 Å². The van der Waals surface area contributed by atoms with Gasteiger partial charge in [-0.05, 0) is 10.8 Å². The molecule has 0 heterocycles. The summed E-state index contributed by atoms with van der Waals surface area (Å²) >= 11 is 0. The Bertz CT molecular complexity index is 739. The van der Waals surface area contributed by atoms with Gasteiger partial charge in [0.15, 0.2) is 0 Å². The van der Waals surface area contributed by atoms with E-state index in [1.807, 2.05) is 0 Å². The molecule has 3 aromatic carbocycles. The third-order valence-electron chi connectivity index (χ3n) is 4.44. The zero-order valence-electron chi connectivity index (χ0n) is 14.5. The molecule has 0 fully saturated rings. The third kappa shape index (κ3) is 3.11. The molecule has 0 amide bonds. The zero-order chi connectivity index (χ0) is 15.4. The molecule has 0 aromatic heterocycles. The Hall–Kier alpha value is -0.820. The average molecular weight is 456 g/mol. The van der Waals surface area contributed by atoms with Gasteiger partial charge < -0.3 is 0 Å². The predicted molar refractivity (Wildman–Crippen MR) is 94.4 cm³/mol. The molecule has 0 nitrogen and oxygen atoms in total. The van der Waals surface area contributed by atoms with Gasteiger partial charge in [-0.15, -0.1) is 39.7 Å². The second kappa shape index (κ2) is 5.67. The molecular formula is C21H25Hf-. The first-order valence-electron chi connectivity index (χ1n) is 7.80. The maximum Gasteiger partial charge on any atom is 0 e. The van der Waals surface area contributed by atoms with Crippen molar-refractivity contribution in [1.29, 1.82) is 0 Å². The van der Waals surface area contributed by atoms with Gasteiger partial charge in [0, 0.05) is 25.8 Å². The van der Waals surface area contributed by atoms with E-state index in [4.69, 9.17) is 0 Å². The van der Waals surface area contributed by atoms with Crippen molar-refractivity contribution in [2.45, 2.75) is 52.4 Å². The quantitative estimate of drug-likeness (QED) is 0.275. The second-order valence-electron chi connectivity index (χ2n) is 8.25. The molecule has 0 radical (unpaired) electrons. The molecule has 3 rings (SSSR count). The number of rotatable bonds is 0. The standard InChI is InChI=1S/C21H25.Hf/c1-20(2,3)16-9-7-14-11-15-8-10-17(21(4,5)6)13-19(15)18(14)12-16;/h7-13H,1-6H3;/q-1;. The van der Waals surface area contributed by atoms with Crippen molar-refractivity contribution in [3.63, 3.8) is 0 Å². The SMILES string of the molecule is CC(C)(C)c1ccc2[cH-]c3ccc(C(C)(C)C)cc3c2c1.[Hf]. The molecule has 114 valence electrons. The Labute approximate surface area is 153 Å². The first kappa shape index (κ1) is 17.5. The van der Waals surface area contributed by atoms with E-state index in [0.29, 0.717) is 0 Å². The smallest absolute Gasteiger partial charge is 0 e. The van der Waals surface area contributed by atoms with E-state index in [0.717, 1.165) is 0 Å². The maximum absolute atomic E-state index is 2.38. The average Bonchev–Trinajstić information content (AvgIpc) is 2.73. The van der Waals surface area contributed by atoms with Crippen molar-refractivity contribution in [1.82, 2.24) is 0 Å². The summed E-state index contributed by atoms with van der Waals surface area (Å²) in [6, 6.07) is 16.1. The van der Waals surface area contributed by atoms with Crippen molar-refractivity contribution < 1.29 is 25.8 Å². The third-order valence-corrected chi connectivity index (χ3v) is 4.44.